The van der Waals surface area contributed by atoms with Crippen molar-refractivity contribution in [1.82, 2.24) is 19.9 Å². The van der Waals surface area contributed by atoms with Gasteiger partial charge in [-0.1, -0.05) is 6.07 Å². The molecule has 35 heavy (non-hydrogen) atoms. The van der Waals surface area contributed by atoms with Crippen molar-refractivity contribution in [3.63, 3.8) is 0 Å². The van der Waals surface area contributed by atoms with E-state index in [0.717, 1.165) is 18.4 Å². The molecule has 5 rings (SSSR count). The molecule has 0 atom stereocenters. The number of aromatic nitrogens is 4. The zero-order valence-electron chi connectivity index (χ0n) is 18.1. The Hall–Kier alpha value is -4.38. The van der Waals surface area contributed by atoms with Crippen LogP contribution in [0.2, 0.25) is 0 Å². The van der Waals surface area contributed by atoms with E-state index in [1.165, 1.54) is 24.4 Å². The molecule has 0 unspecified atom stereocenters. The number of halogens is 2. The molecule has 3 heterocycles. The third-order valence-corrected chi connectivity index (χ3v) is 5.89. The number of ether oxygens (including phenoxy) is 2. The first kappa shape index (κ1) is 22.4. The molecule has 0 bridgehead atoms. The number of rotatable bonds is 6. The van der Waals surface area contributed by atoms with Crippen LogP contribution in [-0.2, 0) is 9.84 Å². The van der Waals surface area contributed by atoms with Gasteiger partial charge in [-0.2, -0.15) is 0 Å². The van der Waals surface area contributed by atoms with Crippen LogP contribution < -0.4 is 9.47 Å². The van der Waals surface area contributed by atoms with E-state index in [-0.39, 0.29) is 28.0 Å². The highest BCUT2D eigenvalue weighted by Gasteiger charge is 2.17. The molecule has 0 aliphatic heterocycles. The minimum atomic E-state index is -3.48. The molecule has 5 aromatic rings. The van der Waals surface area contributed by atoms with Gasteiger partial charge in [-0.25, -0.2) is 27.2 Å². The van der Waals surface area contributed by atoms with Crippen molar-refractivity contribution < 1.29 is 26.7 Å². The summed E-state index contributed by atoms with van der Waals surface area (Å²) in [4.78, 5) is 15.9. The first-order valence-electron chi connectivity index (χ1n) is 10.2. The molecular weight excluding hydrogens is 478 g/mol. The Morgan fingerprint density at radius 1 is 0.886 bits per heavy atom. The Labute approximate surface area is 198 Å². The van der Waals surface area contributed by atoms with Crippen molar-refractivity contribution in [1.29, 1.82) is 0 Å². The van der Waals surface area contributed by atoms with E-state index in [2.05, 4.69) is 19.9 Å². The number of nitrogens with one attached hydrogen (secondary N) is 1. The predicted molar refractivity (Wildman–Crippen MR) is 123 cm³/mol. The lowest BCUT2D eigenvalue weighted by atomic mass is 10.2. The Kier molecular flexibility index (Phi) is 5.61. The van der Waals surface area contributed by atoms with Gasteiger partial charge in [0.05, 0.1) is 17.2 Å². The number of pyridine rings is 2. The third-order valence-electron chi connectivity index (χ3n) is 4.89. The summed E-state index contributed by atoms with van der Waals surface area (Å²) in [6, 6.07) is 14.2. The van der Waals surface area contributed by atoms with Crippen LogP contribution in [-0.4, -0.2) is 34.6 Å². The fourth-order valence-electron chi connectivity index (χ4n) is 3.25. The molecule has 176 valence electrons. The molecular formula is C24H16F2N4O4S. The molecule has 3 aromatic heterocycles. The number of benzene rings is 2. The van der Waals surface area contributed by atoms with Gasteiger partial charge in [0.1, 0.15) is 17.3 Å². The molecule has 0 saturated heterocycles. The van der Waals surface area contributed by atoms with Gasteiger partial charge < -0.3 is 14.5 Å². The molecule has 0 radical (unpaired) electrons. The minimum Gasteiger partial charge on any atom is -0.452 e. The lowest BCUT2D eigenvalue weighted by Crippen LogP contribution is -2.00. The molecule has 0 saturated carbocycles. The maximum absolute atomic E-state index is 14.3. The second-order valence-corrected chi connectivity index (χ2v) is 9.46. The number of imidazole rings is 1. The second kappa shape index (κ2) is 8.76. The van der Waals surface area contributed by atoms with Crippen LogP contribution in [0.3, 0.4) is 0 Å². The van der Waals surface area contributed by atoms with Crippen LogP contribution in [0, 0.1) is 11.6 Å². The number of fused-ring (bicyclic) bond motifs is 1. The maximum Gasteiger partial charge on any atom is 0.192 e. The van der Waals surface area contributed by atoms with Gasteiger partial charge in [-0.05, 0) is 36.4 Å². The smallest absolute Gasteiger partial charge is 0.192 e. The van der Waals surface area contributed by atoms with Crippen molar-refractivity contribution in [3.8, 4) is 34.5 Å². The van der Waals surface area contributed by atoms with Gasteiger partial charge >= 0.3 is 0 Å². The van der Waals surface area contributed by atoms with E-state index >= 15 is 0 Å². The van der Waals surface area contributed by atoms with Crippen molar-refractivity contribution in [2.45, 2.75) is 5.03 Å². The van der Waals surface area contributed by atoms with Crippen molar-refractivity contribution in [2.75, 3.05) is 6.26 Å². The molecule has 11 heteroatoms. The van der Waals surface area contributed by atoms with Crippen molar-refractivity contribution in [2.24, 2.45) is 0 Å². The highest BCUT2D eigenvalue weighted by Crippen LogP contribution is 2.39. The van der Waals surface area contributed by atoms with Gasteiger partial charge in [0.25, 0.3) is 0 Å². The number of sulfone groups is 1. The fraction of sp³-hybridized carbons (Fsp3) is 0.0417. The number of nitrogens with zero attached hydrogens (tertiary/aromatic N) is 3. The quantitative estimate of drug-likeness (QED) is 0.342. The van der Waals surface area contributed by atoms with Crippen LogP contribution in [0.5, 0.6) is 23.0 Å². The minimum absolute atomic E-state index is 0.0919. The first-order valence-corrected chi connectivity index (χ1v) is 12.1. The monoisotopic (exact) mass is 494 g/mol. The lowest BCUT2D eigenvalue weighted by Gasteiger charge is -2.13. The largest absolute Gasteiger partial charge is 0.452 e. The van der Waals surface area contributed by atoms with Gasteiger partial charge in [0, 0.05) is 30.7 Å². The van der Waals surface area contributed by atoms with Crippen molar-refractivity contribution in [3.05, 3.63) is 84.7 Å². The normalized spacial score (nSPS) is 11.5. The molecule has 2 aromatic carbocycles. The number of hydrogen-bond acceptors (Lipinski definition) is 7. The van der Waals surface area contributed by atoms with Crippen molar-refractivity contribution >= 4 is 20.9 Å². The van der Waals surface area contributed by atoms with Crippen LogP contribution >= 0.6 is 0 Å². The van der Waals surface area contributed by atoms with Gasteiger partial charge in [0.2, 0.25) is 0 Å². The molecule has 0 spiro atoms. The molecule has 0 aliphatic rings. The maximum atomic E-state index is 14.3. The molecule has 0 fully saturated rings. The summed E-state index contributed by atoms with van der Waals surface area (Å²) in [6.07, 6.45) is 3.93. The lowest BCUT2D eigenvalue weighted by molar-refractivity contribution is 0.400. The van der Waals surface area contributed by atoms with Gasteiger partial charge in [-0.3, -0.25) is 4.98 Å². The van der Waals surface area contributed by atoms with Gasteiger partial charge in [-0.15, -0.1) is 0 Å². The Balaban J connectivity index is 1.58. The van der Waals surface area contributed by atoms with E-state index in [0.29, 0.717) is 28.6 Å². The highest BCUT2D eigenvalue weighted by molar-refractivity contribution is 7.90. The van der Waals surface area contributed by atoms with E-state index < -0.39 is 21.5 Å². The van der Waals surface area contributed by atoms with Crippen LogP contribution in [0.4, 0.5) is 8.78 Å². The molecule has 0 aliphatic carbocycles. The second-order valence-electron chi connectivity index (χ2n) is 7.50. The standard InChI is InChI=1S/C24H16F2N4O4S/c1-35(31,32)23-8-6-15(13-28-23)33-21-11-18-19(30-24(29-18)17-4-2-3-9-27-17)12-22(21)34-20-7-5-14(25)10-16(20)26/h2-13H,1H3,(H,29,30). The number of H-pyrrole nitrogens is 1. The summed E-state index contributed by atoms with van der Waals surface area (Å²) >= 11 is 0. The van der Waals surface area contributed by atoms with E-state index in [4.69, 9.17) is 9.47 Å². The Morgan fingerprint density at radius 2 is 1.71 bits per heavy atom. The van der Waals surface area contributed by atoms with Crippen LogP contribution in [0.15, 0.2) is 78.1 Å². The summed E-state index contributed by atoms with van der Waals surface area (Å²) in [5.74, 6) is -0.902. The summed E-state index contributed by atoms with van der Waals surface area (Å²) in [7, 11) is -3.48. The Bertz CT molecular complexity index is 1640. The highest BCUT2D eigenvalue weighted by atomic mass is 32.2. The average Bonchev–Trinajstić information content (AvgIpc) is 3.24. The summed E-state index contributed by atoms with van der Waals surface area (Å²) in [6.45, 7) is 0. The average molecular weight is 494 g/mol. The predicted octanol–water partition coefficient (Wildman–Crippen LogP) is 5.29. The fourth-order valence-corrected chi connectivity index (χ4v) is 3.81. The SMILES string of the molecule is CS(=O)(=O)c1ccc(Oc2cc3[nH]c(-c4ccccn4)nc3cc2Oc2ccc(F)cc2F)cn1. The zero-order chi connectivity index (χ0) is 24.6. The summed E-state index contributed by atoms with van der Waals surface area (Å²) < 4.78 is 62.6. The van der Waals surface area contributed by atoms with E-state index in [1.54, 1.807) is 24.4 Å². The van der Waals surface area contributed by atoms with Gasteiger partial charge in [0.15, 0.2) is 43.8 Å². The van der Waals surface area contributed by atoms with Crippen LogP contribution in [0.1, 0.15) is 0 Å². The molecule has 0 amide bonds. The first-order chi connectivity index (χ1) is 16.8. The third kappa shape index (κ3) is 4.80. The van der Waals surface area contributed by atoms with E-state index in [9.17, 15) is 17.2 Å². The number of hydrogen-bond donors (Lipinski definition) is 1. The topological polar surface area (TPSA) is 107 Å². The number of aromatic amines is 1. The zero-order valence-corrected chi connectivity index (χ0v) is 18.9. The Morgan fingerprint density at radius 3 is 2.40 bits per heavy atom. The summed E-state index contributed by atoms with van der Waals surface area (Å²) in [5, 5.41) is -0.112. The molecule has 1 N–H and O–H groups in total. The molecule has 8 nitrogen and oxygen atoms in total. The van der Waals surface area contributed by atoms with Crippen LogP contribution in [0.25, 0.3) is 22.6 Å². The summed E-state index contributed by atoms with van der Waals surface area (Å²) in [5.41, 5.74) is 1.67. The van der Waals surface area contributed by atoms with E-state index in [1.807, 2.05) is 6.07 Å².